The van der Waals surface area contributed by atoms with Crippen molar-refractivity contribution in [1.82, 2.24) is 20.7 Å². The minimum Gasteiger partial charge on any atom is -0.341 e. The van der Waals surface area contributed by atoms with E-state index in [0.717, 1.165) is 11.0 Å². The second kappa shape index (κ2) is 3.33. The Morgan fingerprint density at radius 3 is 3.14 bits per heavy atom. The van der Waals surface area contributed by atoms with E-state index < -0.39 is 0 Å². The molecule has 3 N–H and O–H groups in total. The van der Waals surface area contributed by atoms with Crippen LogP contribution in [0.4, 0.5) is 10.5 Å². The van der Waals surface area contributed by atoms with Crippen molar-refractivity contribution in [3.63, 3.8) is 0 Å². The van der Waals surface area contributed by atoms with Gasteiger partial charge in [-0.15, -0.1) is 5.10 Å². The van der Waals surface area contributed by atoms with Crippen LogP contribution in [0, 0.1) is 0 Å². The third-order valence-electron chi connectivity index (χ3n) is 1.81. The number of rotatable bonds is 1. The first kappa shape index (κ1) is 8.49. The average Bonchev–Trinajstić information content (AvgIpc) is 2.64. The lowest BCUT2D eigenvalue weighted by Crippen LogP contribution is -2.24. The number of aromatic nitrogens is 3. The van der Waals surface area contributed by atoms with Gasteiger partial charge >= 0.3 is 6.03 Å². The summed E-state index contributed by atoms with van der Waals surface area (Å²) >= 11 is 0. The maximum absolute atomic E-state index is 11.0. The molecule has 0 spiro atoms. The minimum atomic E-state index is -0.253. The summed E-state index contributed by atoms with van der Waals surface area (Å²) in [6, 6.07) is 5.06. The summed E-state index contributed by atoms with van der Waals surface area (Å²) in [6.07, 6.45) is 0. The van der Waals surface area contributed by atoms with E-state index in [1.54, 1.807) is 25.2 Å². The molecular weight excluding hydrogens is 182 g/mol. The molecule has 0 bridgehead atoms. The molecule has 2 aromatic rings. The summed E-state index contributed by atoms with van der Waals surface area (Å²) in [4.78, 5) is 11.0. The lowest BCUT2D eigenvalue weighted by Gasteiger charge is -2.02. The van der Waals surface area contributed by atoms with Gasteiger partial charge in [0.1, 0.15) is 5.52 Å². The number of anilines is 1. The highest BCUT2D eigenvalue weighted by atomic mass is 16.2. The summed E-state index contributed by atoms with van der Waals surface area (Å²) in [6.45, 7) is 0. The van der Waals surface area contributed by atoms with Gasteiger partial charge in [-0.05, 0) is 18.2 Å². The van der Waals surface area contributed by atoms with Gasteiger partial charge in [0.25, 0.3) is 0 Å². The third-order valence-corrected chi connectivity index (χ3v) is 1.81. The van der Waals surface area contributed by atoms with Crippen LogP contribution in [-0.4, -0.2) is 28.5 Å². The quantitative estimate of drug-likeness (QED) is 0.620. The molecule has 0 aliphatic carbocycles. The first-order valence-electron chi connectivity index (χ1n) is 4.09. The van der Waals surface area contributed by atoms with Crippen LogP contribution in [0.1, 0.15) is 0 Å². The Labute approximate surface area is 79.7 Å². The van der Waals surface area contributed by atoms with E-state index in [1.807, 2.05) is 0 Å². The molecule has 6 nitrogen and oxygen atoms in total. The van der Waals surface area contributed by atoms with Crippen LogP contribution < -0.4 is 10.6 Å². The summed E-state index contributed by atoms with van der Waals surface area (Å²) in [5.74, 6) is 0. The van der Waals surface area contributed by atoms with Crippen molar-refractivity contribution in [2.45, 2.75) is 0 Å². The van der Waals surface area contributed by atoms with Crippen molar-refractivity contribution in [3.8, 4) is 0 Å². The van der Waals surface area contributed by atoms with Crippen LogP contribution in [0.25, 0.3) is 11.0 Å². The van der Waals surface area contributed by atoms with Crippen LogP contribution in [0.3, 0.4) is 0 Å². The van der Waals surface area contributed by atoms with Crippen molar-refractivity contribution < 1.29 is 4.79 Å². The van der Waals surface area contributed by atoms with Gasteiger partial charge in [-0.25, -0.2) is 4.79 Å². The van der Waals surface area contributed by atoms with Crippen molar-refractivity contribution >= 4 is 22.8 Å². The van der Waals surface area contributed by atoms with Crippen molar-refractivity contribution in [1.29, 1.82) is 0 Å². The van der Waals surface area contributed by atoms with Crippen LogP contribution in [0.5, 0.6) is 0 Å². The number of aromatic amines is 1. The maximum atomic E-state index is 11.0. The normalized spacial score (nSPS) is 10.1. The zero-order chi connectivity index (χ0) is 9.97. The molecule has 0 atom stereocenters. The number of hydrogen-bond donors (Lipinski definition) is 3. The summed E-state index contributed by atoms with van der Waals surface area (Å²) < 4.78 is 0. The van der Waals surface area contributed by atoms with Crippen LogP contribution in [-0.2, 0) is 0 Å². The highest BCUT2D eigenvalue weighted by Gasteiger charge is 2.01. The predicted molar refractivity (Wildman–Crippen MR) is 52.0 cm³/mol. The van der Waals surface area contributed by atoms with Gasteiger partial charge in [-0.3, -0.25) is 5.10 Å². The van der Waals surface area contributed by atoms with Crippen LogP contribution in [0.2, 0.25) is 0 Å². The number of amides is 2. The number of urea groups is 1. The van der Waals surface area contributed by atoms with Gasteiger partial charge < -0.3 is 10.6 Å². The zero-order valence-electron chi connectivity index (χ0n) is 7.53. The SMILES string of the molecule is CNC(=O)Nc1ccc2nn[nH]c2c1. The van der Waals surface area contributed by atoms with Crippen LogP contribution in [0.15, 0.2) is 18.2 Å². The van der Waals surface area contributed by atoms with E-state index in [0.29, 0.717) is 5.69 Å². The highest BCUT2D eigenvalue weighted by Crippen LogP contribution is 2.14. The monoisotopic (exact) mass is 191 g/mol. The Kier molecular flexibility index (Phi) is 2.02. The molecule has 1 heterocycles. The molecule has 1 aromatic heterocycles. The lowest BCUT2D eigenvalue weighted by molar-refractivity contribution is 0.254. The molecule has 6 heteroatoms. The summed E-state index contributed by atoms with van der Waals surface area (Å²) in [5, 5.41) is 15.3. The number of carbonyl (C=O) groups excluding carboxylic acids is 1. The Hall–Kier alpha value is -2.11. The van der Waals surface area contributed by atoms with Crippen LogP contribution >= 0.6 is 0 Å². The molecule has 72 valence electrons. The summed E-state index contributed by atoms with van der Waals surface area (Å²) in [5.41, 5.74) is 2.26. The maximum Gasteiger partial charge on any atom is 0.318 e. The molecule has 14 heavy (non-hydrogen) atoms. The molecule has 2 rings (SSSR count). The first-order valence-corrected chi connectivity index (χ1v) is 4.09. The molecule has 0 aliphatic heterocycles. The van der Waals surface area contributed by atoms with E-state index in [1.165, 1.54) is 0 Å². The standard InChI is InChI=1S/C8H9N5O/c1-9-8(14)10-5-2-3-6-7(4-5)12-13-11-6/h2-4H,1H3,(H2,9,10,14)(H,11,12,13). The second-order valence-electron chi connectivity index (χ2n) is 2.75. The lowest BCUT2D eigenvalue weighted by atomic mass is 10.3. The Balaban J connectivity index is 2.30. The van der Waals surface area contributed by atoms with Gasteiger partial charge in [0, 0.05) is 12.7 Å². The van der Waals surface area contributed by atoms with Crippen molar-refractivity contribution in [2.24, 2.45) is 0 Å². The summed E-state index contributed by atoms with van der Waals surface area (Å²) in [7, 11) is 1.56. The Morgan fingerprint density at radius 1 is 1.50 bits per heavy atom. The predicted octanol–water partition coefficient (Wildman–Crippen LogP) is 0.709. The highest BCUT2D eigenvalue weighted by molar-refractivity contribution is 5.91. The van der Waals surface area contributed by atoms with Crippen molar-refractivity contribution in [2.75, 3.05) is 12.4 Å². The number of hydrogen-bond acceptors (Lipinski definition) is 3. The van der Waals surface area contributed by atoms with E-state index >= 15 is 0 Å². The fourth-order valence-corrected chi connectivity index (χ4v) is 1.12. The number of benzene rings is 1. The number of carbonyl (C=O) groups is 1. The largest absolute Gasteiger partial charge is 0.341 e. The average molecular weight is 191 g/mol. The zero-order valence-corrected chi connectivity index (χ0v) is 7.53. The smallest absolute Gasteiger partial charge is 0.318 e. The van der Waals surface area contributed by atoms with E-state index in [9.17, 15) is 4.79 Å². The Bertz CT molecular complexity index is 463. The molecule has 0 unspecified atom stereocenters. The second-order valence-corrected chi connectivity index (χ2v) is 2.75. The van der Waals surface area contributed by atoms with Gasteiger partial charge in [-0.2, -0.15) is 0 Å². The molecule has 1 aromatic carbocycles. The fraction of sp³-hybridized carbons (Fsp3) is 0.125. The van der Waals surface area contributed by atoms with Gasteiger partial charge in [0.15, 0.2) is 0 Å². The van der Waals surface area contributed by atoms with Gasteiger partial charge in [0.05, 0.1) is 5.52 Å². The molecule has 0 saturated heterocycles. The molecular formula is C8H9N5O. The number of nitrogens with zero attached hydrogens (tertiary/aromatic N) is 2. The van der Waals surface area contributed by atoms with Crippen molar-refractivity contribution in [3.05, 3.63) is 18.2 Å². The van der Waals surface area contributed by atoms with E-state index in [4.69, 9.17) is 0 Å². The van der Waals surface area contributed by atoms with Gasteiger partial charge in [-0.1, -0.05) is 5.21 Å². The topological polar surface area (TPSA) is 82.7 Å². The third kappa shape index (κ3) is 1.49. The Morgan fingerprint density at radius 2 is 2.36 bits per heavy atom. The molecule has 0 radical (unpaired) electrons. The van der Waals surface area contributed by atoms with E-state index in [-0.39, 0.29) is 6.03 Å². The molecule has 0 saturated carbocycles. The molecule has 2 amide bonds. The number of nitrogens with one attached hydrogen (secondary N) is 3. The molecule has 0 fully saturated rings. The minimum absolute atomic E-state index is 0.253. The van der Waals surface area contributed by atoms with Gasteiger partial charge in [0.2, 0.25) is 0 Å². The van der Waals surface area contributed by atoms with E-state index in [2.05, 4.69) is 26.0 Å². The fourth-order valence-electron chi connectivity index (χ4n) is 1.12. The molecule has 0 aliphatic rings. The number of H-pyrrole nitrogens is 1. The first-order chi connectivity index (χ1) is 6.79. The number of fused-ring (bicyclic) bond motifs is 1.